The van der Waals surface area contributed by atoms with Gasteiger partial charge >= 0.3 is 0 Å². The highest BCUT2D eigenvalue weighted by molar-refractivity contribution is 6.03. The summed E-state index contributed by atoms with van der Waals surface area (Å²) < 4.78 is 40.8. The Kier molecular flexibility index (Phi) is 6.48. The predicted octanol–water partition coefficient (Wildman–Crippen LogP) is 6.23. The van der Waals surface area contributed by atoms with Gasteiger partial charge in [-0.05, 0) is 90.2 Å². The van der Waals surface area contributed by atoms with Gasteiger partial charge in [-0.25, -0.2) is 13.2 Å². The maximum atomic E-state index is 13.6. The van der Waals surface area contributed by atoms with Gasteiger partial charge in [-0.1, -0.05) is 36.4 Å². The maximum absolute atomic E-state index is 13.6. The van der Waals surface area contributed by atoms with Gasteiger partial charge in [0.25, 0.3) is 0 Å². The van der Waals surface area contributed by atoms with Gasteiger partial charge in [0.2, 0.25) is 5.91 Å². The molecule has 37 heavy (non-hydrogen) atoms. The van der Waals surface area contributed by atoms with Gasteiger partial charge in [-0.2, -0.15) is 0 Å². The minimum Gasteiger partial charge on any atom is -0.508 e. The third kappa shape index (κ3) is 4.70. The first-order valence-corrected chi connectivity index (χ1v) is 11.9. The van der Waals surface area contributed by atoms with E-state index in [4.69, 9.17) is 0 Å². The largest absolute Gasteiger partial charge is 0.508 e. The summed E-state index contributed by atoms with van der Waals surface area (Å²) in [5.41, 5.74) is 0.553. The van der Waals surface area contributed by atoms with Crippen molar-refractivity contribution in [1.29, 1.82) is 0 Å². The third-order valence-corrected chi connectivity index (χ3v) is 7.01. The number of carbonyl (C=O) groups excluding carboxylic acids is 1. The van der Waals surface area contributed by atoms with Gasteiger partial charge < -0.3 is 15.1 Å². The van der Waals surface area contributed by atoms with Crippen LogP contribution >= 0.6 is 0 Å². The second-order valence-electron chi connectivity index (χ2n) is 9.24. The number of phenolic OH excluding ortho intramolecular Hbond substituents is 1. The van der Waals surface area contributed by atoms with Crippen LogP contribution in [0.15, 0.2) is 97.1 Å². The molecular weight excluding hydrogens is 479 g/mol. The molecule has 1 amide bonds. The number of aliphatic hydroxyl groups is 1. The van der Waals surface area contributed by atoms with Crippen molar-refractivity contribution in [3.63, 3.8) is 0 Å². The molecule has 0 spiro atoms. The Morgan fingerprint density at radius 1 is 0.703 bits per heavy atom. The Labute approximate surface area is 212 Å². The zero-order valence-corrected chi connectivity index (χ0v) is 19.7. The highest BCUT2D eigenvalue weighted by Gasteiger charge is 2.49. The normalized spacial score (nSPS) is 17.5. The second kappa shape index (κ2) is 9.75. The molecule has 2 atom stereocenters. The minimum absolute atomic E-state index is 0.0845. The summed E-state index contributed by atoms with van der Waals surface area (Å²) in [4.78, 5) is 15.0. The van der Waals surface area contributed by atoms with E-state index in [0.717, 1.165) is 5.56 Å². The van der Waals surface area contributed by atoms with Crippen molar-refractivity contribution >= 4 is 11.6 Å². The van der Waals surface area contributed by atoms with E-state index in [0.29, 0.717) is 16.8 Å². The molecule has 1 heterocycles. The lowest BCUT2D eigenvalue weighted by atomic mass is 9.74. The summed E-state index contributed by atoms with van der Waals surface area (Å²) >= 11 is 0. The molecule has 2 N–H and O–H groups in total. The quantitative estimate of drug-likeness (QED) is 0.294. The van der Waals surface area contributed by atoms with Crippen LogP contribution in [-0.2, 0) is 10.4 Å². The van der Waals surface area contributed by atoms with E-state index in [1.54, 1.807) is 17.0 Å². The van der Waals surface area contributed by atoms with Crippen molar-refractivity contribution in [3.05, 3.63) is 131 Å². The molecule has 4 nitrogen and oxygen atoms in total. The monoisotopic (exact) mass is 503 g/mol. The number of hydrogen-bond donors (Lipinski definition) is 2. The Morgan fingerprint density at radius 3 is 1.65 bits per heavy atom. The van der Waals surface area contributed by atoms with Crippen molar-refractivity contribution in [2.45, 2.75) is 24.5 Å². The first kappa shape index (κ1) is 24.6. The number of rotatable bonds is 7. The number of anilines is 1. The van der Waals surface area contributed by atoms with Crippen LogP contribution in [0.4, 0.5) is 18.9 Å². The minimum atomic E-state index is -1.60. The molecule has 0 saturated carbocycles. The second-order valence-corrected chi connectivity index (χ2v) is 9.24. The number of carbonyl (C=O) groups is 1. The highest BCUT2D eigenvalue weighted by atomic mass is 19.1. The van der Waals surface area contributed by atoms with Crippen molar-refractivity contribution in [2.75, 3.05) is 4.90 Å². The number of nitrogens with zero attached hydrogens (tertiary/aromatic N) is 1. The summed E-state index contributed by atoms with van der Waals surface area (Å²) in [7, 11) is 0. The molecule has 188 valence electrons. The fourth-order valence-corrected chi connectivity index (χ4v) is 5.04. The number of phenols is 1. The molecule has 0 aliphatic carbocycles. The zero-order chi connectivity index (χ0) is 26.2. The number of benzene rings is 4. The van der Waals surface area contributed by atoms with Crippen LogP contribution in [0.3, 0.4) is 0 Å². The van der Waals surface area contributed by atoms with Crippen LogP contribution in [0.2, 0.25) is 0 Å². The third-order valence-electron chi connectivity index (χ3n) is 7.01. The van der Waals surface area contributed by atoms with Gasteiger partial charge in [-0.15, -0.1) is 0 Å². The van der Waals surface area contributed by atoms with E-state index >= 15 is 0 Å². The summed E-state index contributed by atoms with van der Waals surface area (Å²) in [5.74, 6) is -1.96. The van der Waals surface area contributed by atoms with Crippen molar-refractivity contribution < 1.29 is 28.2 Å². The summed E-state index contributed by atoms with van der Waals surface area (Å²) in [5, 5.41) is 21.6. The molecule has 2 unspecified atom stereocenters. The maximum Gasteiger partial charge on any atom is 0.233 e. The van der Waals surface area contributed by atoms with Gasteiger partial charge in [0.05, 0.1) is 12.0 Å². The van der Waals surface area contributed by atoms with Gasteiger partial charge in [0.1, 0.15) is 28.8 Å². The van der Waals surface area contributed by atoms with Gasteiger partial charge in [0.15, 0.2) is 0 Å². The van der Waals surface area contributed by atoms with Gasteiger partial charge in [-0.3, -0.25) is 4.79 Å². The highest BCUT2D eigenvalue weighted by Crippen LogP contribution is 2.48. The molecule has 4 aromatic rings. The SMILES string of the molecule is O=C1C(CCC(O)(c2ccc(F)cc2)c2ccc(F)cc2)C(c2ccc(O)cc2)N1c1ccc(F)cc1. The summed E-state index contributed by atoms with van der Waals surface area (Å²) in [6.45, 7) is 0. The molecule has 1 aliphatic rings. The topological polar surface area (TPSA) is 60.8 Å². The van der Waals surface area contributed by atoms with E-state index in [9.17, 15) is 28.2 Å². The number of hydrogen-bond acceptors (Lipinski definition) is 3. The first-order valence-electron chi connectivity index (χ1n) is 11.9. The zero-order valence-electron chi connectivity index (χ0n) is 19.7. The van der Waals surface area contributed by atoms with E-state index in [1.165, 1.54) is 84.9 Å². The summed E-state index contributed by atoms with van der Waals surface area (Å²) in [6.07, 6.45) is 0.361. The van der Waals surface area contributed by atoms with E-state index < -0.39 is 35.0 Å². The predicted molar refractivity (Wildman–Crippen MR) is 133 cm³/mol. The van der Waals surface area contributed by atoms with Crippen LogP contribution in [0.25, 0.3) is 0 Å². The fraction of sp³-hybridized carbons (Fsp3) is 0.167. The van der Waals surface area contributed by atoms with Crippen molar-refractivity contribution in [2.24, 2.45) is 5.92 Å². The van der Waals surface area contributed by atoms with Crippen LogP contribution in [0, 0.1) is 23.4 Å². The number of amides is 1. The molecule has 0 radical (unpaired) electrons. The van der Waals surface area contributed by atoms with Crippen molar-refractivity contribution in [3.8, 4) is 5.75 Å². The Hall–Kier alpha value is -4.10. The van der Waals surface area contributed by atoms with E-state index in [2.05, 4.69) is 0 Å². The fourth-order valence-electron chi connectivity index (χ4n) is 5.04. The standard InChI is InChI=1S/C30H24F3NO3/c31-22-7-3-20(4-8-22)30(37,21-5-9-23(32)10-6-21)18-17-27-28(19-1-15-26(35)16-2-19)34(29(27)36)25-13-11-24(33)12-14-25/h1-16,27-28,35,37H,17-18H2. The Morgan fingerprint density at radius 2 is 1.16 bits per heavy atom. The van der Waals surface area contributed by atoms with Crippen molar-refractivity contribution in [1.82, 2.24) is 0 Å². The molecule has 0 aromatic heterocycles. The van der Waals surface area contributed by atoms with Crippen LogP contribution < -0.4 is 4.90 Å². The molecule has 0 bridgehead atoms. The van der Waals surface area contributed by atoms with Crippen LogP contribution in [0.5, 0.6) is 5.75 Å². The lowest BCUT2D eigenvalue weighted by Crippen LogP contribution is -2.55. The molecule has 7 heteroatoms. The average Bonchev–Trinajstić information content (AvgIpc) is 2.89. The van der Waals surface area contributed by atoms with Crippen LogP contribution in [0.1, 0.15) is 35.6 Å². The van der Waals surface area contributed by atoms with Crippen LogP contribution in [-0.4, -0.2) is 16.1 Å². The number of aromatic hydroxyl groups is 1. The molecule has 1 saturated heterocycles. The van der Waals surface area contributed by atoms with Gasteiger partial charge in [0, 0.05) is 5.69 Å². The Balaban J connectivity index is 1.48. The lowest BCUT2D eigenvalue weighted by molar-refractivity contribution is -0.131. The molecule has 4 aromatic carbocycles. The summed E-state index contributed by atoms with van der Waals surface area (Å²) in [6, 6.07) is 22.6. The molecule has 1 aliphatic heterocycles. The molecule has 5 rings (SSSR count). The smallest absolute Gasteiger partial charge is 0.233 e. The average molecular weight is 504 g/mol. The van der Waals surface area contributed by atoms with E-state index in [-0.39, 0.29) is 24.5 Å². The Bertz CT molecular complexity index is 1340. The number of halogens is 3. The number of β-lactam (4-membered cyclic amide) rings is 1. The lowest BCUT2D eigenvalue weighted by Gasteiger charge is -2.48. The van der Waals surface area contributed by atoms with E-state index in [1.807, 2.05) is 0 Å². The first-order chi connectivity index (χ1) is 17.8. The molecule has 1 fully saturated rings. The molecular formula is C30H24F3NO3.